The molecule has 2 aromatic heterocycles. The van der Waals surface area contributed by atoms with Gasteiger partial charge in [-0.05, 0) is 12.1 Å². The van der Waals surface area contributed by atoms with Crippen LogP contribution in [0.3, 0.4) is 0 Å². The van der Waals surface area contributed by atoms with E-state index >= 15 is 0 Å². The molecule has 2 fully saturated rings. The first-order chi connectivity index (χ1) is 24.1. The third-order valence-corrected chi connectivity index (χ3v) is 9.87. The number of carbonyl (C=O) groups excluding carboxylic acids is 2. The van der Waals surface area contributed by atoms with Crippen molar-refractivity contribution in [2.45, 2.75) is 60.5 Å². The number of hydrogen-bond acceptors (Lipinski definition) is 13. The van der Waals surface area contributed by atoms with E-state index in [4.69, 9.17) is 23.7 Å². The Morgan fingerprint density at radius 1 is 0.960 bits per heavy atom. The van der Waals surface area contributed by atoms with E-state index in [1.165, 1.54) is 43.8 Å². The van der Waals surface area contributed by atoms with Gasteiger partial charge in [0.25, 0.3) is 0 Å². The summed E-state index contributed by atoms with van der Waals surface area (Å²) < 4.78 is 73.4. The van der Waals surface area contributed by atoms with Crippen molar-refractivity contribution >= 4 is 23.7 Å². The predicted molar refractivity (Wildman–Crippen MR) is 169 cm³/mol. The number of esters is 2. The lowest BCUT2D eigenvalue weighted by Gasteiger charge is -2.46. The van der Waals surface area contributed by atoms with Gasteiger partial charge in [0.1, 0.15) is 41.1 Å². The molecule has 2 aliphatic heterocycles. The number of ether oxygens (including phenoxy) is 5. The van der Waals surface area contributed by atoms with Crippen molar-refractivity contribution in [1.82, 2.24) is 30.0 Å². The molecule has 8 atom stereocenters. The number of methoxy groups -OCH3 is 2. The molecule has 1 N–H and O–H groups in total. The van der Waals surface area contributed by atoms with Crippen LogP contribution in [-0.4, -0.2) is 110 Å². The Kier molecular flexibility index (Phi) is 10.8. The summed E-state index contributed by atoms with van der Waals surface area (Å²) in [6.45, 7) is 1.45. The Balaban J connectivity index is 1.31. The second-order valence-corrected chi connectivity index (χ2v) is 13.0. The summed E-state index contributed by atoms with van der Waals surface area (Å²) >= 11 is 1.17. The summed E-state index contributed by atoms with van der Waals surface area (Å²) in [5, 5.41) is 27.7. The Bertz CT molecular complexity index is 1790. The van der Waals surface area contributed by atoms with Gasteiger partial charge in [-0.1, -0.05) is 40.8 Å². The zero-order valence-electron chi connectivity index (χ0n) is 27.0. The van der Waals surface area contributed by atoms with Crippen molar-refractivity contribution in [2.24, 2.45) is 0 Å². The number of hydrogen-bond donors (Lipinski definition) is 1. The van der Waals surface area contributed by atoms with Crippen molar-refractivity contribution in [1.29, 1.82) is 0 Å². The van der Waals surface area contributed by atoms with E-state index in [9.17, 15) is 27.9 Å². The van der Waals surface area contributed by atoms with Crippen molar-refractivity contribution in [3.05, 3.63) is 72.3 Å². The topological polar surface area (TPSA) is 162 Å². The van der Waals surface area contributed by atoms with Gasteiger partial charge < -0.3 is 28.8 Å². The summed E-state index contributed by atoms with van der Waals surface area (Å²) in [5.74, 6) is -5.84. The fourth-order valence-corrected chi connectivity index (χ4v) is 7.51. The number of thioether (sulfide) groups is 1. The lowest BCUT2D eigenvalue weighted by atomic mass is 9.94. The highest BCUT2D eigenvalue weighted by Crippen LogP contribution is 2.43. The van der Waals surface area contributed by atoms with Crippen molar-refractivity contribution in [3.8, 4) is 22.5 Å². The van der Waals surface area contributed by atoms with Gasteiger partial charge >= 0.3 is 11.9 Å². The van der Waals surface area contributed by atoms with E-state index in [2.05, 4.69) is 20.6 Å². The van der Waals surface area contributed by atoms with Crippen LogP contribution in [0.15, 0.2) is 54.9 Å². The maximum Gasteiger partial charge on any atom is 0.308 e. The minimum Gasteiger partial charge on any atom is -0.469 e. The van der Waals surface area contributed by atoms with Crippen LogP contribution in [0.1, 0.15) is 25.4 Å². The number of carbonyl (C=O) groups is 2. The molecule has 14 nitrogen and oxygen atoms in total. The Labute approximate surface area is 287 Å². The smallest absolute Gasteiger partial charge is 0.308 e. The van der Waals surface area contributed by atoms with Gasteiger partial charge in [0.15, 0.2) is 23.6 Å². The molecule has 2 saturated heterocycles. The van der Waals surface area contributed by atoms with E-state index in [1.807, 2.05) is 30.3 Å². The minimum atomic E-state index is -1.64. The first kappa shape index (κ1) is 35.5. The molecule has 266 valence electrons. The average molecular weight is 719 g/mol. The molecule has 0 bridgehead atoms. The molecule has 0 aliphatic carbocycles. The number of halogens is 3. The molecule has 2 aromatic carbocycles. The molecule has 18 heteroatoms. The molecular weight excluding hydrogens is 685 g/mol. The van der Waals surface area contributed by atoms with Crippen molar-refractivity contribution in [3.63, 3.8) is 0 Å². The number of rotatable bonds is 10. The van der Waals surface area contributed by atoms with Gasteiger partial charge in [-0.25, -0.2) is 22.5 Å². The van der Waals surface area contributed by atoms with Gasteiger partial charge in [-0.3, -0.25) is 9.59 Å². The number of aliphatic hydroxyl groups is 1. The highest BCUT2D eigenvalue weighted by molar-refractivity contribution is 8.00. The van der Waals surface area contributed by atoms with Gasteiger partial charge in [0.2, 0.25) is 0 Å². The molecule has 0 radical (unpaired) electrons. The highest BCUT2D eigenvalue weighted by Gasteiger charge is 2.52. The number of aliphatic hydroxyl groups excluding tert-OH is 1. The third-order valence-electron chi connectivity index (χ3n) is 8.46. The van der Waals surface area contributed by atoms with Crippen LogP contribution in [0.4, 0.5) is 13.2 Å². The van der Waals surface area contributed by atoms with Crippen molar-refractivity contribution in [2.75, 3.05) is 27.4 Å². The maximum absolute atomic E-state index is 14.1. The molecule has 0 spiro atoms. The van der Waals surface area contributed by atoms with Crippen LogP contribution in [0, 0.1) is 17.5 Å². The molecule has 4 aromatic rings. The fraction of sp³-hybridized carbons (Fsp3) is 0.438. The standard InChI is InChI=1S/C32H33F3N6O8S/c1-16(42)48-30-24(11-26(43)45-2)49-32(31(46-3)28(30)41-13-22(37-39-41)18-9-19(33)27(35)20(34)10-18)50-25-15-47-14-23(29(25)44)40-12-21(36-38-40)17-7-5-4-6-8-17/h4-10,12-13,23-25,28-32,44H,11,14-15H2,1-3H3/t23-,24+,25+,28-,29+,30-,31+,32-/m0/s1. The first-order valence-electron chi connectivity index (χ1n) is 15.5. The summed E-state index contributed by atoms with van der Waals surface area (Å²) in [7, 11) is 2.58. The van der Waals surface area contributed by atoms with Crippen molar-refractivity contribution < 1.29 is 51.6 Å². The molecule has 4 heterocycles. The second kappa shape index (κ2) is 15.3. The van der Waals surface area contributed by atoms with Crippen LogP contribution in [0.5, 0.6) is 0 Å². The Morgan fingerprint density at radius 3 is 2.28 bits per heavy atom. The highest BCUT2D eigenvalue weighted by atomic mass is 32.2. The van der Waals surface area contributed by atoms with Crippen LogP contribution in [0.25, 0.3) is 22.5 Å². The van der Waals surface area contributed by atoms with E-state index in [0.717, 1.165) is 17.7 Å². The predicted octanol–water partition coefficient (Wildman–Crippen LogP) is 3.13. The van der Waals surface area contributed by atoms with E-state index in [1.54, 1.807) is 10.9 Å². The zero-order chi connectivity index (χ0) is 35.5. The summed E-state index contributed by atoms with van der Waals surface area (Å²) in [6, 6.07) is 9.34. The average Bonchev–Trinajstić information content (AvgIpc) is 3.80. The lowest BCUT2D eigenvalue weighted by molar-refractivity contribution is -0.203. The molecule has 2 aliphatic rings. The van der Waals surface area contributed by atoms with Gasteiger partial charge in [-0.2, -0.15) is 0 Å². The lowest BCUT2D eigenvalue weighted by Crippen LogP contribution is -2.57. The molecular formula is C32H33F3N6O8S. The minimum absolute atomic E-state index is 0.0268. The fourth-order valence-electron chi connectivity index (χ4n) is 6.02. The zero-order valence-corrected chi connectivity index (χ0v) is 27.8. The Hall–Kier alpha value is -4.36. The molecule has 0 unspecified atom stereocenters. The van der Waals surface area contributed by atoms with Gasteiger partial charge in [-0.15, -0.1) is 22.0 Å². The largest absolute Gasteiger partial charge is 0.469 e. The van der Waals surface area contributed by atoms with E-state index < -0.39 is 76.6 Å². The first-order valence-corrected chi connectivity index (χ1v) is 16.4. The van der Waals surface area contributed by atoms with Crippen LogP contribution >= 0.6 is 11.8 Å². The summed E-state index contributed by atoms with van der Waals surface area (Å²) in [6.07, 6.45) is -1.58. The quantitative estimate of drug-likeness (QED) is 0.188. The van der Waals surface area contributed by atoms with E-state index in [-0.39, 0.29) is 30.9 Å². The van der Waals surface area contributed by atoms with Gasteiger partial charge in [0.05, 0.1) is 50.5 Å². The molecule has 6 rings (SSSR count). The van der Waals surface area contributed by atoms with Crippen LogP contribution in [-0.2, 0) is 33.3 Å². The number of nitrogens with zero attached hydrogens (tertiary/aromatic N) is 6. The number of aromatic nitrogens is 6. The third kappa shape index (κ3) is 7.39. The molecule has 0 saturated carbocycles. The second-order valence-electron chi connectivity index (χ2n) is 11.6. The van der Waals surface area contributed by atoms with Crippen LogP contribution < -0.4 is 0 Å². The van der Waals surface area contributed by atoms with Gasteiger partial charge in [0, 0.05) is 25.2 Å². The van der Waals surface area contributed by atoms with E-state index in [0.29, 0.717) is 5.69 Å². The summed E-state index contributed by atoms with van der Waals surface area (Å²) in [4.78, 5) is 24.9. The normalized spacial score (nSPS) is 26.8. The SMILES string of the molecule is COC(=O)C[C@H]1O[C@@H](S[C@@H]2COC[C@H](n3cc(-c4ccccc4)nn3)[C@H]2O)[C@H](OC)[C@@H](n2cc(-c3cc(F)c(F)c(F)c3)nn2)[C@H]1OC(C)=O. The monoisotopic (exact) mass is 718 g/mol. The molecule has 50 heavy (non-hydrogen) atoms. The number of benzene rings is 2. The molecule has 0 amide bonds. The summed E-state index contributed by atoms with van der Waals surface area (Å²) in [5.41, 5.74) is 0.404. The maximum atomic E-state index is 14.1. The Morgan fingerprint density at radius 2 is 1.62 bits per heavy atom. The van der Waals surface area contributed by atoms with Crippen LogP contribution in [0.2, 0.25) is 0 Å².